The first-order chi connectivity index (χ1) is 12.7. The SMILES string of the molecule is CN1CCCCC1CCNC(=O)c1ccc(NCc2cccnc2)nc1. The second kappa shape index (κ2) is 9.29. The van der Waals surface area contributed by atoms with Gasteiger partial charge in [0.2, 0.25) is 0 Å². The van der Waals surface area contributed by atoms with Crippen LogP contribution in [0.15, 0.2) is 42.9 Å². The average molecular weight is 353 g/mol. The standard InChI is InChI=1S/C20H27N5O/c1-25-12-3-2-6-18(25)9-11-22-20(26)17-7-8-19(24-15-17)23-14-16-5-4-10-21-13-16/h4-5,7-8,10,13,15,18H,2-3,6,9,11-12,14H2,1H3,(H,22,26)(H,23,24). The van der Waals surface area contributed by atoms with Crippen LogP contribution in [0.4, 0.5) is 5.82 Å². The maximum atomic E-state index is 12.3. The van der Waals surface area contributed by atoms with E-state index in [1.807, 2.05) is 24.4 Å². The van der Waals surface area contributed by atoms with Gasteiger partial charge in [0.1, 0.15) is 5.82 Å². The van der Waals surface area contributed by atoms with Crippen LogP contribution < -0.4 is 10.6 Å². The van der Waals surface area contributed by atoms with Gasteiger partial charge >= 0.3 is 0 Å². The van der Waals surface area contributed by atoms with Crippen molar-refractivity contribution < 1.29 is 4.79 Å². The van der Waals surface area contributed by atoms with Crippen LogP contribution in [-0.4, -0.2) is 47.0 Å². The predicted octanol–water partition coefficient (Wildman–Crippen LogP) is 2.69. The van der Waals surface area contributed by atoms with Crippen LogP contribution in [0, 0.1) is 0 Å². The van der Waals surface area contributed by atoms with Gasteiger partial charge in [-0.05, 0) is 56.6 Å². The smallest absolute Gasteiger partial charge is 0.252 e. The minimum absolute atomic E-state index is 0.0604. The fourth-order valence-electron chi connectivity index (χ4n) is 3.29. The third kappa shape index (κ3) is 5.26. The van der Waals surface area contributed by atoms with E-state index in [4.69, 9.17) is 0 Å². The van der Waals surface area contributed by atoms with E-state index >= 15 is 0 Å². The van der Waals surface area contributed by atoms with Crippen LogP contribution in [0.3, 0.4) is 0 Å². The summed E-state index contributed by atoms with van der Waals surface area (Å²) in [7, 11) is 2.17. The van der Waals surface area contributed by atoms with Crippen molar-refractivity contribution in [1.82, 2.24) is 20.2 Å². The van der Waals surface area contributed by atoms with Crippen LogP contribution in [0.25, 0.3) is 0 Å². The molecule has 6 nitrogen and oxygen atoms in total. The minimum atomic E-state index is -0.0604. The molecule has 6 heteroatoms. The van der Waals surface area contributed by atoms with E-state index in [1.165, 1.54) is 19.3 Å². The molecule has 0 spiro atoms. The van der Waals surface area contributed by atoms with Gasteiger partial charge in [0.15, 0.2) is 0 Å². The molecule has 0 bridgehead atoms. The van der Waals surface area contributed by atoms with Crippen LogP contribution in [-0.2, 0) is 6.54 Å². The Balaban J connectivity index is 1.43. The summed E-state index contributed by atoms with van der Waals surface area (Å²) in [5.74, 6) is 0.684. The zero-order chi connectivity index (χ0) is 18.2. The van der Waals surface area contributed by atoms with E-state index in [0.29, 0.717) is 24.7 Å². The maximum Gasteiger partial charge on any atom is 0.252 e. The van der Waals surface area contributed by atoms with Crippen LogP contribution >= 0.6 is 0 Å². The average Bonchev–Trinajstić information content (AvgIpc) is 2.69. The third-order valence-corrected chi connectivity index (χ3v) is 4.91. The normalized spacial score (nSPS) is 17.7. The number of anilines is 1. The van der Waals surface area contributed by atoms with Gasteiger partial charge in [0.25, 0.3) is 5.91 Å². The van der Waals surface area contributed by atoms with Gasteiger partial charge in [-0.25, -0.2) is 4.98 Å². The number of hydrogen-bond acceptors (Lipinski definition) is 5. The van der Waals surface area contributed by atoms with Crippen LogP contribution in [0.1, 0.15) is 41.6 Å². The van der Waals surface area contributed by atoms with Gasteiger partial charge in [-0.1, -0.05) is 12.5 Å². The highest BCUT2D eigenvalue weighted by molar-refractivity contribution is 5.94. The number of carbonyl (C=O) groups excluding carboxylic acids is 1. The van der Waals surface area contributed by atoms with Gasteiger partial charge in [0, 0.05) is 37.7 Å². The number of likely N-dealkylation sites (tertiary alicyclic amines) is 1. The Morgan fingerprint density at radius 2 is 2.19 bits per heavy atom. The highest BCUT2D eigenvalue weighted by atomic mass is 16.1. The number of nitrogens with one attached hydrogen (secondary N) is 2. The third-order valence-electron chi connectivity index (χ3n) is 4.91. The number of carbonyl (C=O) groups is 1. The van der Waals surface area contributed by atoms with Gasteiger partial charge < -0.3 is 15.5 Å². The minimum Gasteiger partial charge on any atom is -0.366 e. The summed E-state index contributed by atoms with van der Waals surface area (Å²) in [6, 6.07) is 8.14. The number of rotatable bonds is 7. The molecule has 1 aliphatic rings. The lowest BCUT2D eigenvalue weighted by Gasteiger charge is -2.32. The number of aromatic nitrogens is 2. The van der Waals surface area contributed by atoms with Crippen molar-refractivity contribution in [3.8, 4) is 0 Å². The molecule has 2 aromatic rings. The molecule has 2 aromatic heterocycles. The molecular weight excluding hydrogens is 326 g/mol. The molecule has 3 rings (SSSR count). The lowest BCUT2D eigenvalue weighted by molar-refractivity contribution is 0.0945. The van der Waals surface area contributed by atoms with Gasteiger partial charge in [-0.15, -0.1) is 0 Å². The van der Waals surface area contributed by atoms with Gasteiger partial charge in [0.05, 0.1) is 5.56 Å². The van der Waals surface area contributed by atoms with Crippen LogP contribution in [0.2, 0.25) is 0 Å². The molecule has 0 aliphatic carbocycles. The van der Waals surface area contributed by atoms with Crippen molar-refractivity contribution in [3.63, 3.8) is 0 Å². The first kappa shape index (κ1) is 18.3. The molecule has 0 aromatic carbocycles. The van der Waals surface area contributed by atoms with E-state index in [1.54, 1.807) is 18.5 Å². The molecule has 1 aliphatic heterocycles. The Morgan fingerprint density at radius 3 is 2.92 bits per heavy atom. The van der Waals surface area contributed by atoms with Crippen molar-refractivity contribution in [2.24, 2.45) is 0 Å². The summed E-state index contributed by atoms with van der Waals surface area (Å²) in [5.41, 5.74) is 1.68. The molecule has 1 amide bonds. The summed E-state index contributed by atoms with van der Waals surface area (Å²) in [5, 5.41) is 6.24. The summed E-state index contributed by atoms with van der Waals surface area (Å²) >= 11 is 0. The fraction of sp³-hybridized carbons (Fsp3) is 0.450. The largest absolute Gasteiger partial charge is 0.366 e. The lowest BCUT2D eigenvalue weighted by atomic mass is 10.0. The Labute approximate surface area is 155 Å². The number of amides is 1. The molecule has 1 atom stereocenters. The number of piperidine rings is 1. The molecule has 26 heavy (non-hydrogen) atoms. The number of nitrogens with zero attached hydrogens (tertiary/aromatic N) is 3. The van der Waals surface area contributed by atoms with E-state index in [-0.39, 0.29) is 5.91 Å². The zero-order valence-corrected chi connectivity index (χ0v) is 15.3. The van der Waals surface area contributed by atoms with E-state index in [0.717, 1.165) is 24.3 Å². The second-order valence-corrected chi connectivity index (χ2v) is 6.82. The Kier molecular flexibility index (Phi) is 6.55. The van der Waals surface area contributed by atoms with Crippen molar-refractivity contribution in [1.29, 1.82) is 0 Å². The highest BCUT2D eigenvalue weighted by Gasteiger charge is 2.18. The maximum absolute atomic E-state index is 12.3. The molecular formula is C20H27N5O. The van der Waals surface area contributed by atoms with E-state index in [9.17, 15) is 4.79 Å². The Bertz CT molecular complexity index is 689. The molecule has 138 valence electrons. The monoisotopic (exact) mass is 353 g/mol. The Morgan fingerprint density at radius 1 is 1.27 bits per heavy atom. The molecule has 1 fully saturated rings. The molecule has 1 saturated heterocycles. The molecule has 3 heterocycles. The second-order valence-electron chi connectivity index (χ2n) is 6.82. The fourth-order valence-corrected chi connectivity index (χ4v) is 3.29. The summed E-state index contributed by atoms with van der Waals surface area (Å²) in [6.45, 7) is 2.52. The van der Waals surface area contributed by atoms with Crippen LogP contribution in [0.5, 0.6) is 0 Å². The van der Waals surface area contributed by atoms with Crippen molar-refractivity contribution in [2.75, 3.05) is 25.5 Å². The molecule has 0 radical (unpaired) electrons. The first-order valence-electron chi connectivity index (χ1n) is 9.29. The first-order valence-corrected chi connectivity index (χ1v) is 9.29. The topological polar surface area (TPSA) is 70.2 Å². The van der Waals surface area contributed by atoms with E-state index < -0.39 is 0 Å². The number of hydrogen-bond donors (Lipinski definition) is 2. The van der Waals surface area contributed by atoms with Crippen molar-refractivity contribution >= 4 is 11.7 Å². The van der Waals surface area contributed by atoms with E-state index in [2.05, 4.69) is 32.5 Å². The quantitative estimate of drug-likeness (QED) is 0.801. The van der Waals surface area contributed by atoms with Gasteiger partial charge in [-0.3, -0.25) is 9.78 Å². The summed E-state index contributed by atoms with van der Waals surface area (Å²) < 4.78 is 0. The predicted molar refractivity (Wildman–Crippen MR) is 103 cm³/mol. The lowest BCUT2D eigenvalue weighted by Crippen LogP contribution is -2.39. The zero-order valence-electron chi connectivity index (χ0n) is 15.3. The highest BCUT2D eigenvalue weighted by Crippen LogP contribution is 2.17. The number of pyridine rings is 2. The van der Waals surface area contributed by atoms with Gasteiger partial charge in [-0.2, -0.15) is 0 Å². The summed E-state index contributed by atoms with van der Waals surface area (Å²) in [6.07, 6.45) is 9.99. The van der Waals surface area contributed by atoms with Crippen molar-refractivity contribution in [3.05, 3.63) is 54.0 Å². The molecule has 2 N–H and O–H groups in total. The summed E-state index contributed by atoms with van der Waals surface area (Å²) in [4.78, 5) is 23.1. The molecule has 1 unspecified atom stereocenters. The molecule has 0 saturated carbocycles. The Hall–Kier alpha value is -2.47. The van der Waals surface area contributed by atoms with Crippen molar-refractivity contribution in [2.45, 2.75) is 38.3 Å².